The fraction of sp³-hybridized carbons (Fsp3) is 0.333. The van der Waals surface area contributed by atoms with Crippen molar-refractivity contribution in [3.8, 4) is 5.75 Å². The van der Waals surface area contributed by atoms with Crippen molar-refractivity contribution < 1.29 is 22.7 Å². The summed E-state index contributed by atoms with van der Waals surface area (Å²) in [6, 6.07) is 16.9. The van der Waals surface area contributed by atoms with Gasteiger partial charge in [0.25, 0.3) is 10.0 Å². The second kappa shape index (κ2) is 14.1. The molecule has 0 radical (unpaired) electrons. The number of nitrogens with one attached hydrogen (secondary N) is 1. The molecule has 0 aliphatic rings. The van der Waals surface area contributed by atoms with Crippen LogP contribution < -0.4 is 14.4 Å². The van der Waals surface area contributed by atoms with Crippen LogP contribution in [0.15, 0.2) is 71.6 Å². The molecular formula is C30H35Cl2N3O5S. The molecule has 3 aromatic rings. The highest BCUT2D eigenvalue weighted by molar-refractivity contribution is 7.92. The summed E-state index contributed by atoms with van der Waals surface area (Å²) in [5.74, 6) is -0.476. The maximum Gasteiger partial charge on any atom is 0.264 e. The summed E-state index contributed by atoms with van der Waals surface area (Å²) in [7, 11) is -2.79. The summed E-state index contributed by atoms with van der Waals surface area (Å²) in [6.45, 7) is 7.18. The smallest absolute Gasteiger partial charge is 0.264 e. The lowest BCUT2D eigenvalue weighted by molar-refractivity contribution is -0.139. The number of aryl methyl sites for hydroxylation is 1. The summed E-state index contributed by atoms with van der Waals surface area (Å²) in [4.78, 5) is 28.5. The molecule has 3 rings (SSSR count). The van der Waals surface area contributed by atoms with Gasteiger partial charge in [0.15, 0.2) is 0 Å². The number of hydrogen-bond acceptors (Lipinski definition) is 5. The first-order chi connectivity index (χ1) is 19.3. The normalized spacial score (nSPS) is 12.1. The van der Waals surface area contributed by atoms with Crippen LogP contribution in [0, 0.1) is 12.8 Å². The predicted molar refractivity (Wildman–Crippen MR) is 163 cm³/mol. The molecule has 11 heteroatoms. The largest absolute Gasteiger partial charge is 0.495 e. The molecule has 0 unspecified atom stereocenters. The molecule has 0 fully saturated rings. The summed E-state index contributed by atoms with van der Waals surface area (Å²) in [5, 5.41) is 3.51. The Hall–Kier alpha value is -3.27. The Kier molecular flexibility index (Phi) is 11.1. The second-order valence-corrected chi connectivity index (χ2v) is 12.8. The molecule has 1 atom stereocenters. The van der Waals surface area contributed by atoms with Crippen molar-refractivity contribution in [3.63, 3.8) is 0 Å². The first-order valence-electron chi connectivity index (χ1n) is 13.1. The molecule has 0 spiro atoms. The van der Waals surface area contributed by atoms with Crippen LogP contribution in [-0.2, 0) is 26.2 Å². The number of methoxy groups -OCH3 is 1. The fourth-order valence-electron chi connectivity index (χ4n) is 4.10. The van der Waals surface area contributed by atoms with Crippen LogP contribution in [0.1, 0.15) is 31.9 Å². The minimum absolute atomic E-state index is 0.00381. The third-order valence-corrected chi connectivity index (χ3v) is 8.91. The highest BCUT2D eigenvalue weighted by Gasteiger charge is 2.34. The van der Waals surface area contributed by atoms with Gasteiger partial charge in [-0.1, -0.05) is 67.4 Å². The van der Waals surface area contributed by atoms with Crippen LogP contribution in [0.25, 0.3) is 0 Å². The number of benzene rings is 3. The van der Waals surface area contributed by atoms with Crippen molar-refractivity contribution in [2.75, 3.05) is 24.5 Å². The van der Waals surface area contributed by atoms with Crippen LogP contribution >= 0.6 is 23.2 Å². The third-order valence-electron chi connectivity index (χ3n) is 6.40. The van der Waals surface area contributed by atoms with Crippen LogP contribution in [0.3, 0.4) is 0 Å². The van der Waals surface area contributed by atoms with E-state index in [1.54, 1.807) is 61.5 Å². The van der Waals surface area contributed by atoms with Crippen LogP contribution in [0.4, 0.5) is 5.69 Å². The standard InChI is InChI=1S/C30H35Cl2N3O5S/c1-20(2)17-33-30(37)22(4)34(18-23-12-13-25(31)26(32)16-23)29(36)19-35(27-15-21(3)11-14-28(27)40-5)41(38,39)24-9-7-6-8-10-24/h6-16,20,22H,17-19H2,1-5H3,(H,33,37)/t22-/m1/s1. The van der Waals surface area contributed by atoms with Gasteiger partial charge in [0.1, 0.15) is 18.3 Å². The predicted octanol–water partition coefficient (Wildman–Crippen LogP) is 5.70. The number of nitrogens with zero attached hydrogens (tertiary/aromatic N) is 2. The van der Waals surface area contributed by atoms with Crippen molar-refractivity contribution in [2.45, 2.75) is 45.2 Å². The molecule has 3 aromatic carbocycles. The van der Waals surface area contributed by atoms with Gasteiger partial charge >= 0.3 is 0 Å². The maximum atomic E-state index is 14.1. The molecule has 220 valence electrons. The van der Waals surface area contributed by atoms with Crippen LogP contribution in [-0.4, -0.2) is 51.4 Å². The van der Waals surface area contributed by atoms with Gasteiger partial charge in [0.05, 0.1) is 27.7 Å². The average Bonchev–Trinajstić information content (AvgIpc) is 2.95. The number of ether oxygens (including phenoxy) is 1. The van der Waals surface area contributed by atoms with E-state index in [-0.39, 0.29) is 34.7 Å². The second-order valence-electron chi connectivity index (χ2n) is 10.1. The van der Waals surface area contributed by atoms with Gasteiger partial charge in [0.2, 0.25) is 11.8 Å². The number of carbonyl (C=O) groups is 2. The molecule has 1 N–H and O–H groups in total. The molecule has 0 aromatic heterocycles. The molecular weight excluding hydrogens is 585 g/mol. The zero-order valence-corrected chi connectivity index (χ0v) is 26.1. The molecule has 0 aliphatic carbocycles. The third kappa shape index (κ3) is 8.15. The summed E-state index contributed by atoms with van der Waals surface area (Å²) in [5.41, 5.74) is 1.61. The molecule has 0 bridgehead atoms. The van der Waals surface area contributed by atoms with E-state index in [0.29, 0.717) is 22.2 Å². The molecule has 0 aliphatic heterocycles. The fourth-order valence-corrected chi connectivity index (χ4v) is 5.86. The molecule has 0 saturated carbocycles. The first kappa shape index (κ1) is 32.2. The van der Waals surface area contributed by atoms with Gasteiger partial charge in [-0.15, -0.1) is 0 Å². The minimum Gasteiger partial charge on any atom is -0.495 e. The number of hydrogen-bond donors (Lipinski definition) is 1. The number of carbonyl (C=O) groups excluding carboxylic acids is 2. The molecule has 41 heavy (non-hydrogen) atoms. The molecule has 0 heterocycles. The Morgan fingerprint density at radius 3 is 2.24 bits per heavy atom. The van der Waals surface area contributed by atoms with E-state index in [0.717, 1.165) is 9.87 Å². The summed E-state index contributed by atoms with van der Waals surface area (Å²) < 4.78 is 34.5. The topological polar surface area (TPSA) is 96.0 Å². The quantitative estimate of drug-likeness (QED) is 0.281. The Labute approximate surface area is 252 Å². The lowest BCUT2D eigenvalue weighted by Gasteiger charge is -2.32. The highest BCUT2D eigenvalue weighted by atomic mass is 35.5. The zero-order chi connectivity index (χ0) is 30.3. The Balaban J connectivity index is 2.08. The number of anilines is 1. The molecule has 8 nitrogen and oxygen atoms in total. The van der Waals surface area contributed by atoms with E-state index >= 15 is 0 Å². The number of halogens is 2. The Bertz CT molecular complexity index is 1480. The van der Waals surface area contributed by atoms with E-state index < -0.39 is 28.5 Å². The van der Waals surface area contributed by atoms with Crippen LogP contribution in [0.5, 0.6) is 5.75 Å². The monoisotopic (exact) mass is 619 g/mol. The average molecular weight is 621 g/mol. The number of sulfonamides is 1. The van der Waals surface area contributed by atoms with Crippen molar-refractivity contribution in [2.24, 2.45) is 5.92 Å². The highest BCUT2D eigenvalue weighted by Crippen LogP contribution is 2.34. The van der Waals surface area contributed by atoms with E-state index in [2.05, 4.69) is 5.32 Å². The summed E-state index contributed by atoms with van der Waals surface area (Å²) >= 11 is 12.3. The molecule has 0 saturated heterocycles. The first-order valence-corrected chi connectivity index (χ1v) is 15.3. The minimum atomic E-state index is -4.22. The van der Waals surface area contributed by atoms with Gasteiger partial charge in [-0.25, -0.2) is 8.42 Å². The van der Waals surface area contributed by atoms with Crippen molar-refractivity contribution in [3.05, 3.63) is 87.9 Å². The Morgan fingerprint density at radius 1 is 0.951 bits per heavy atom. The maximum absolute atomic E-state index is 14.1. The van der Waals surface area contributed by atoms with E-state index in [1.165, 1.54) is 24.1 Å². The summed E-state index contributed by atoms with van der Waals surface area (Å²) in [6.07, 6.45) is 0. The molecule has 2 amide bonds. The van der Waals surface area contributed by atoms with E-state index in [4.69, 9.17) is 27.9 Å². The van der Waals surface area contributed by atoms with Gasteiger partial charge in [-0.3, -0.25) is 13.9 Å². The van der Waals surface area contributed by atoms with E-state index in [9.17, 15) is 18.0 Å². The van der Waals surface area contributed by atoms with Gasteiger partial charge in [-0.05, 0) is 67.3 Å². The Morgan fingerprint density at radius 2 is 1.63 bits per heavy atom. The van der Waals surface area contributed by atoms with Crippen molar-refractivity contribution in [1.82, 2.24) is 10.2 Å². The van der Waals surface area contributed by atoms with Crippen LogP contribution in [0.2, 0.25) is 10.0 Å². The van der Waals surface area contributed by atoms with E-state index in [1.807, 2.05) is 20.8 Å². The lowest BCUT2D eigenvalue weighted by atomic mass is 10.1. The van der Waals surface area contributed by atoms with Gasteiger partial charge in [0, 0.05) is 13.1 Å². The zero-order valence-electron chi connectivity index (χ0n) is 23.7. The van der Waals surface area contributed by atoms with Crippen molar-refractivity contribution >= 4 is 50.7 Å². The van der Waals surface area contributed by atoms with Crippen molar-refractivity contribution in [1.29, 1.82) is 0 Å². The lowest BCUT2D eigenvalue weighted by Crippen LogP contribution is -2.51. The van der Waals surface area contributed by atoms with Gasteiger partial charge < -0.3 is 15.0 Å². The van der Waals surface area contributed by atoms with Gasteiger partial charge in [-0.2, -0.15) is 0 Å². The number of amides is 2. The number of rotatable bonds is 12. The SMILES string of the molecule is COc1ccc(C)cc1N(CC(=O)N(Cc1ccc(Cl)c(Cl)c1)[C@H](C)C(=O)NCC(C)C)S(=O)(=O)c1ccccc1.